The van der Waals surface area contributed by atoms with Crippen LogP contribution < -0.4 is 0 Å². The van der Waals surface area contributed by atoms with Crippen molar-refractivity contribution < 1.29 is 4.79 Å². The van der Waals surface area contributed by atoms with Crippen molar-refractivity contribution in [2.24, 2.45) is 7.05 Å². The number of benzene rings is 1. The van der Waals surface area contributed by atoms with Crippen LogP contribution in [0.5, 0.6) is 0 Å². The molecule has 3 heteroatoms. The highest BCUT2D eigenvalue weighted by Gasteiger charge is 2.14. The summed E-state index contributed by atoms with van der Waals surface area (Å²) in [4.78, 5) is 11.8. The van der Waals surface area contributed by atoms with Crippen molar-refractivity contribution in [1.82, 2.24) is 9.78 Å². The molecule has 0 saturated carbocycles. The van der Waals surface area contributed by atoms with Crippen LogP contribution in [0.4, 0.5) is 0 Å². The predicted octanol–water partition coefficient (Wildman–Crippen LogP) is 3.80. The molecule has 3 nitrogen and oxygen atoms in total. The molecular weight excluding hydrogens is 236 g/mol. The van der Waals surface area contributed by atoms with E-state index in [1.807, 2.05) is 49.1 Å². The van der Waals surface area contributed by atoms with Gasteiger partial charge in [0.2, 0.25) is 0 Å². The molecule has 0 atom stereocenters. The Balaban J connectivity index is 2.50. The van der Waals surface area contributed by atoms with Gasteiger partial charge in [0.05, 0.1) is 5.69 Å². The quantitative estimate of drug-likeness (QED) is 0.780. The Bertz CT molecular complexity index is 597. The van der Waals surface area contributed by atoms with E-state index in [1.54, 1.807) is 0 Å². The number of nitrogens with zero attached hydrogens (tertiary/aromatic N) is 2. The molecule has 2 aromatic rings. The van der Waals surface area contributed by atoms with Gasteiger partial charge >= 0.3 is 0 Å². The van der Waals surface area contributed by atoms with Crippen molar-refractivity contribution in [1.29, 1.82) is 0 Å². The second-order valence-electron chi connectivity index (χ2n) is 5.11. The lowest BCUT2D eigenvalue weighted by atomic mass is 9.97. The van der Waals surface area contributed by atoms with E-state index in [9.17, 15) is 4.79 Å². The molecule has 100 valence electrons. The summed E-state index contributed by atoms with van der Waals surface area (Å²) in [6, 6.07) is 7.82. The van der Waals surface area contributed by atoms with E-state index in [1.165, 1.54) is 0 Å². The Morgan fingerprint density at radius 3 is 2.74 bits per heavy atom. The SMILES string of the molecule is CCC(=O)c1cccc(-c2cn(C)nc2C(C)C)c1. The van der Waals surface area contributed by atoms with Gasteiger partial charge in [-0.25, -0.2) is 0 Å². The van der Waals surface area contributed by atoms with E-state index >= 15 is 0 Å². The average Bonchev–Trinajstić information content (AvgIpc) is 2.80. The minimum atomic E-state index is 0.178. The highest BCUT2D eigenvalue weighted by molar-refractivity contribution is 5.97. The zero-order valence-corrected chi connectivity index (χ0v) is 12.0. The molecule has 0 amide bonds. The van der Waals surface area contributed by atoms with Gasteiger partial charge in [0.25, 0.3) is 0 Å². The second-order valence-corrected chi connectivity index (χ2v) is 5.11. The first-order valence-corrected chi connectivity index (χ1v) is 6.70. The standard InChI is InChI=1S/C16H20N2O/c1-5-15(19)13-8-6-7-12(9-13)14-10-18(4)17-16(14)11(2)3/h6-11H,5H2,1-4H3. The Morgan fingerprint density at radius 2 is 2.11 bits per heavy atom. The number of carbonyl (C=O) groups is 1. The lowest BCUT2D eigenvalue weighted by Crippen LogP contribution is -1.97. The van der Waals surface area contributed by atoms with Crippen molar-refractivity contribution in [2.45, 2.75) is 33.1 Å². The van der Waals surface area contributed by atoms with E-state index < -0.39 is 0 Å². The van der Waals surface area contributed by atoms with Gasteiger partial charge in [-0.05, 0) is 17.5 Å². The maximum Gasteiger partial charge on any atom is 0.162 e. The van der Waals surface area contributed by atoms with Crippen LogP contribution in [0.25, 0.3) is 11.1 Å². The highest BCUT2D eigenvalue weighted by Crippen LogP contribution is 2.28. The van der Waals surface area contributed by atoms with Crippen molar-refractivity contribution in [3.05, 3.63) is 41.7 Å². The number of hydrogen-bond acceptors (Lipinski definition) is 2. The lowest BCUT2D eigenvalue weighted by molar-refractivity contribution is 0.0988. The summed E-state index contributed by atoms with van der Waals surface area (Å²) in [5, 5.41) is 4.51. The molecule has 1 aromatic carbocycles. The molecule has 0 unspecified atom stereocenters. The van der Waals surface area contributed by atoms with Crippen LogP contribution in [0.3, 0.4) is 0 Å². The van der Waals surface area contributed by atoms with Crippen LogP contribution in [0, 0.1) is 0 Å². The fraction of sp³-hybridized carbons (Fsp3) is 0.375. The summed E-state index contributed by atoms with van der Waals surface area (Å²) < 4.78 is 1.83. The smallest absolute Gasteiger partial charge is 0.162 e. The van der Waals surface area contributed by atoms with E-state index in [0.717, 1.165) is 22.4 Å². The minimum absolute atomic E-state index is 0.178. The van der Waals surface area contributed by atoms with Crippen molar-refractivity contribution in [2.75, 3.05) is 0 Å². The predicted molar refractivity (Wildman–Crippen MR) is 77.4 cm³/mol. The molecule has 0 spiro atoms. The first kappa shape index (κ1) is 13.5. The topological polar surface area (TPSA) is 34.9 Å². The summed E-state index contributed by atoms with van der Waals surface area (Å²) >= 11 is 0. The van der Waals surface area contributed by atoms with E-state index in [-0.39, 0.29) is 5.78 Å². The molecule has 19 heavy (non-hydrogen) atoms. The fourth-order valence-corrected chi connectivity index (χ4v) is 2.22. The summed E-state index contributed by atoms with van der Waals surface area (Å²) in [6.45, 7) is 6.15. The van der Waals surface area contributed by atoms with Crippen LogP contribution in [0.1, 0.15) is 49.2 Å². The fourth-order valence-electron chi connectivity index (χ4n) is 2.22. The molecule has 0 N–H and O–H groups in total. The first-order chi connectivity index (χ1) is 9.02. The van der Waals surface area contributed by atoms with Gasteiger partial charge in [0.15, 0.2) is 5.78 Å². The molecule has 0 fully saturated rings. The van der Waals surface area contributed by atoms with Crippen molar-refractivity contribution >= 4 is 5.78 Å². The molecule has 0 saturated heterocycles. The zero-order chi connectivity index (χ0) is 14.0. The zero-order valence-electron chi connectivity index (χ0n) is 12.0. The van der Waals surface area contributed by atoms with E-state index in [0.29, 0.717) is 12.3 Å². The average molecular weight is 256 g/mol. The van der Waals surface area contributed by atoms with E-state index in [2.05, 4.69) is 18.9 Å². The van der Waals surface area contributed by atoms with Gasteiger partial charge in [-0.1, -0.05) is 39.0 Å². The summed E-state index contributed by atoms with van der Waals surface area (Å²) in [5.74, 6) is 0.540. The van der Waals surface area contributed by atoms with Gasteiger partial charge in [-0.3, -0.25) is 9.48 Å². The third-order valence-corrected chi connectivity index (χ3v) is 3.22. The number of aromatic nitrogens is 2. The summed E-state index contributed by atoms with van der Waals surface area (Å²) in [7, 11) is 1.93. The summed E-state index contributed by atoms with van der Waals surface area (Å²) in [6.07, 6.45) is 2.55. The number of ketones is 1. The second kappa shape index (κ2) is 5.39. The maximum absolute atomic E-state index is 11.8. The number of aryl methyl sites for hydroxylation is 1. The van der Waals surface area contributed by atoms with Gasteiger partial charge in [0, 0.05) is 30.8 Å². The largest absolute Gasteiger partial charge is 0.294 e. The van der Waals surface area contributed by atoms with Crippen molar-refractivity contribution in [3.63, 3.8) is 0 Å². The molecular formula is C16H20N2O. The van der Waals surface area contributed by atoms with Crippen LogP contribution >= 0.6 is 0 Å². The third kappa shape index (κ3) is 2.75. The van der Waals surface area contributed by atoms with Crippen LogP contribution in [0.15, 0.2) is 30.5 Å². The number of Topliss-reactive ketones (excluding diaryl/α,β-unsaturated/α-hetero) is 1. The monoisotopic (exact) mass is 256 g/mol. The van der Waals surface area contributed by atoms with Gasteiger partial charge in [0.1, 0.15) is 0 Å². The van der Waals surface area contributed by atoms with Gasteiger partial charge in [-0.15, -0.1) is 0 Å². The van der Waals surface area contributed by atoms with Gasteiger partial charge < -0.3 is 0 Å². The molecule has 0 aliphatic rings. The van der Waals surface area contributed by atoms with Crippen LogP contribution in [-0.4, -0.2) is 15.6 Å². The van der Waals surface area contributed by atoms with Crippen molar-refractivity contribution in [3.8, 4) is 11.1 Å². The Kier molecular flexibility index (Phi) is 3.84. The maximum atomic E-state index is 11.8. The van der Waals surface area contributed by atoms with Crippen LogP contribution in [0.2, 0.25) is 0 Å². The van der Waals surface area contributed by atoms with Gasteiger partial charge in [-0.2, -0.15) is 5.10 Å². The molecule has 0 aliphatic carbocycles. The van der Waals surface area contributed by atoms with Crippen LogP contribution in [-0.2, 0) is 7.05 Å². The number of rotatable bonds is 4. The molecule has 0 bridgehead atoms. The lowest BCUT2D eigenvalue weighted by Gasteiger charge is -2.06. The molecule has 1 heterocycles. The Hall–Kier alpha value is -1.90. The minimum Gasteiger partial charge on any atom is -0.294 e. The highest BCUT2D eigenvalue weighted by atomic mass is 16.1. The van der Waals surface area contributed by atoms with E-state index in [4.69, 9.17) is 0 Å². The number of hydrogen-bond donors (Lipinski definition) is 0. The third-order valence-electron chi connectivity index (χ3n) is 3.22. The Morgan fingerprint density at radius 1 is 1.37 bits per heavy atom. The molecule has 0 radical (unpaired) electrons. The number of carbonyl (C=O) groups excluding carboxylic acids is 1. The normalized spacial score (nSPS) is 11.0. The molecule has 0 aliphatic heterocycles. The molecule has 2 rings (SSSR count). The molecule has 1 aromatic heterocycles. The Labute approximate surface area is 114 Å². The summed E-state index contributed by atoms with van der Waals surface area (Å²) in [5.41, 5.74) is 4.03. The first-order valence-electron chi connectivity index (χ1n) is 6.70.